The van der Waals surface area contributed by atoms with E-state index in [0.29, 0.717) is 0 Å². The molecule has 0 aliphatic heterocycles. The Morgan fingerprint density at radius 2 is 1.50 bits per heavy atom. The van der Waals surface area contributed by atoms with Gasteiger partial charge in [0.05, 0.1) is 19.8 Å². The summed E-state index contributed by atoms with van der Waals surface area (Å²) in [5.41, 5.74) is 2.67. The largest absolute Gasteiger partial charge is 0.394 e. The summed E-state index contributed by atoms with van der Waals surface area (Å²) >= 11 is 0. The Hall–Kier alpha value is -1.38. The lowest BCUT2D eigenvalue weighted by Gasteiger charge is -2.27. The molecule has 0 aromatic rings. The molecule has 0 aliphatic rings. The number of rotatable bonds is 8. The maximum atomic E-state index is 9.22. The molecule has 0 heterocycles. The van der Waals surface area contributed by atoms with Gasteiger partial charge < -0.3 is 26.5 Å². The first-order chi connectivity index (χ1) is 9.08. The highest BCUT2D eigenvalue weighted by molar-refractivity contribution is 5.89. The van der Waals surface area contributed by atoms with Crippen molar-refractivity contribution in [2.24, 2.45) is 21.0 Å². The second-order valence-electron chi connectivity index (χ2n) is 5.75. The number of azo groups is 1. The van der Waals surface area contributed by atoms with Crippen LogP contribution in [0.5, 0.6) is 0 Å². The molecule has 0 saturated heterocycles. The molecule has 116 valence electrons. The molecule has 0 fully saturated rings. The Balaban J connectivity index is 5.34. The summed E-state index contributed by atoms with van der Waals surface area (Å²) in [4.78, 5) is 4.00. The van der Waals surface area contributed by atoms with E-state index in [1.54, 1.807) is 27.7 Å². The van der Waals surface area contributed by atoms with E-state index in [2.05, 4.69) is 15.2 Å². The number of nitrogens with zero attached hydrogens (tertiary/aromatic N) is 3. The van der Waals surface area contributed by atoms with Crippen LogP contribution in [0, 0.1) is 5.41 Å². The molecular formula is C12H25N5O3. The quantitative estimate of drug-likeness (QED) is 0.237. The van der Waals surface area contributed by atoms with E-state index in [4.69, 9.17) is 11.1 Å². The van der Waals surface area contributed by atoms with Crippen LogP contribution in [-0.4, -0.2) is 63.8 Å². The summed E-state index contributed by atoms with van der Waals surface area (Å²) in [6.07, 6.45) is 1.15. The van der Waals surface area contributed by atoms with E-state index in [1.807, 2.05) is 0 Å². The zero-order valence-corrected chi connectivity index (χ0v) is 12.5. The maximum absolute atomic E-state index is 9.22. The second kappa shape index (κ2) is 6.87. The topological polar surface area (TPSA) is 148 Å². The van der Waals surface area contributed by atoms with Crippen molar-refractivity contribution in [2.45, 2.75) is 44.3 Å². The lowest BCUT2D eigenvalue weighted by molar-refractivity contribution is 0.0710. The molecule has 20 heavy (non-hydrogen) atoms. The molecule has 0 radical (unpaired) electrons. The first kappa shape index (κ1) is 18.6. The van der Waals surface area contributed by atoms with Crippen molar-refractivity contribution in [1.82, 2.24) is 0 Å². The number of aliphatic imine (C=N–C) groups is 1. The van der Waals surface area contributed by atoms with Crippen LogP contribution in [-0.2, 0) is 0 Å². The van der Waals surface area contributed by atoms with Gasteiger partial charge in [-0.2, -0.15) is 10.2 Å². The molecule has 0 rings (SSSR count). The fourth-order valence-electron chi connectivity index (χ4n) is 0.982. The molecule has 0 spiro atoms. The highest BCUT2D eigenvalue weighted by Gasteiger charge is 2.32. The van der Waals surface area contributed by atoms with Gasteiger partial charge in [0.1, 0.15) is 22.5 Å². The fourth-order valence-corrected chi connectivity index (χ4v) is 0.982. The van der Waals surface area contributed by atoms with Crippen LogP contribution in [0.25, 0.3) is 0 Å². The number of nitrogens with one attached hydrogen (secondary N) is 1. The third-order valence-electron chi connectivity index (χ3n) is 2.78. The second-order valence-corrected chi connectivity index (χ2v) is 5.75. The third kappa shape index (κ3) is 4.95. The predicted octanol–water partition coefficient (Wildman–Crippen LogP) is -0.282. The molecule has 0 aliphatic carbocycles. The molecule has 0 amide bonds. The van der Waals surface area contributed by atoms with Crippen LogP contribution in [0.1, 0.15) is 27.7 Å². The molecule has 6 N–H and O–H groups in total. The third-order valence-corrected chi connectivity index (χ3v) is 2.78. The van der Waals surface area contributed by atoms with Crippen molar-refractivity contribution in [2.75, 3.05) is 19.8 Å². The van der Waals surface area contributed by atoms with Crippen molar-refractivity contribution in [1.29, 1.82) is 5.41 Å². The first-order valence-electron chi connectivity index (χ1n) is 6.22. The van der Waals surface area contributed by atoms with Gasteiger partial charge in [-0.15, -0.1) is 0 Å². The van der Waals surface area contributed by atoms with Crippen LogP contribution in [0.4, 0.5) is 0 Å². The van der Waals surface area contributed by atoms with Gasteiger partial charge in [0, 0.05) is 6.21 Å². The number of aliphatic hydroxyl groups is 3. The molecule has 0 bridgehead atoms. The normalized spacial score (nSPS) is 14.8. The van der Waals surface area contributed by atoms with Gasteiger partial charge in [0.25, 0.3) is 0 Å². The van der Waals surface area contributed by atoms with E-state index in [1.165, 1.54) is 0 Å². The van der Waals surface area contributed by atoms with E-state index >= 15 is 0 Å². The molecule has 0 aromatic carbocycles. The molecule has 0 atom stereocenters. The molecule has 0 saturated carbocycles. The van der Waals surface area contributed by atoms with Gasteiger partial charge in [-0.05, 0) is 27.7 Å². The Morgan fingerprint density at radius 1 is 1.05 bits per heavy atom. The van der Waals surface area contributed by atoms with Gasteiger partial charge in [-0.25, -0.2) is 0 Å². The van der Waals surface area contributed by atoms with Crippen LogP contribution >= 0.6 is 0 Å². The number of amidine groups is 1. The van der Waals surface area contributed by atoms with Crippen LogP contribution in [0.15, 0.2) is 15.2 Å². The number of aliphatic hydroxyl groups excluding tert-OH is 3. The van der Waals surface area contributed by atoms with Crippen molar-refractivity contribution >= 4 is 12.1 Å². The van der Waals surface area contributed by atoms with E-state index in [0.717, 1.165) is 6.21 Å². The summed E-state index contributed by atoms with van der Waals surface area (Å²) in [6.45, 7) is 5.12. The van der Waals surface area contributed by atoms with E-state index in [9.17, 15) is 15.3 Å². The standard InChI is InChI=1S/C12H25N5O3/c1-10(2,5-13)16-17-11(3,4)9(14)15-12(6-18,7-19)8-20/h5,13,18-20H,6-8H2,1-4H3,(H2,14,15). The number of hydrogen-bond acceptors (Lipinski definition) is 7. The Kier molecular flexibility index (Phi) is 6.39. The Bertz CT molecular complexity index is 378. The lowest BCUT2D eigenvalue weighted by Crippen LogP contribution is -2.46. The SMILES string of the molecule is CC(C)(C=N)N=NC(C)(C)C(N)=NC(CO)(CO)CO. The minimum atomic E-state index is -1.44. The number of nitrogens with two attached hydrogens (primary N) is 1. The Morgan fingerprint density at radius 3 is 1.85 bits per heavy atom. The molecular weight excluding hydrogens is 262 g/mol. The predicted molar refractivity (Wildman–Crippen MR) is 77.4 cm³/mol. The monoisotopic (exact) mass is 287 g/mol. The zero-order valence-electron chi connectivity index (χ0n) is 12.5. The van der Waals surface area contributed by atoms with Gasteiger partial charge in [-0.1, -0.05) is 0 Å². The van der Waals surface area contributed by atoms with Crippen molar-refractivity contribution < 1.29 is 15.3 Å². The molecule has 8 heteroatoms. The average Bonchev–Trinajstić information content (AvgIpc) is 2.43. The van der Waals surface area contributed by atoms with Gasteiger partial charge in [-0.3, -0.25) is 4.99 Å². The number of hydrogen-bond donors (Lipinski definition) is 5. The highest BCUT2D eigenvalue weighted by atomic mass is 16.3. The average molecular weight is 287 g/mol. The zero-order chi connectivity index (χ0) is 16.0. The minimum absolute atomic E-state index is 0.0270. The lowest BCUT2D eigenvalue weighted by atomic mass is 10.0. The minimum Gasteiger partial charge on any atom is -0.394 e. The van der Waals surface area contributed by atoms with Crippen LogP contribution in [0.3, 0.4) is 0 Å². The Labute approximate surface area is 119 Å². The van der Waals surface area contributed by atoms with Crippen LogP contribution < -0.4 is 5.73 Å². The van der Waals surface area contributed by atoms with Crippen LogP contribution in [0.2, 0.25) is 0 Å². The smallest absolute Gasteiger partial charge is 0.132 e. The summed E-state index contributed by atoms with van der Waals surface area (Å²) in [7, 11) is 0. The first-order valence-corrected chi connectivity index (χ1v) is 6.22. The van der Waals surface area contributed by atoms with E-state index < -0.39 is 36.4 Å². The van der Waals surface area contributed by atoms with Crippen molar-refractivity contribution in [3.8, 4) is 0 Å². The fraction of sp³-hybridized carbons (Fsp3) is 0.833. The molecule has 0 aromatic heterocycles. The van der Waals surface area contributed by atoms with Crippen molar-refractivity contribution in [3.63, 3.8) is 0 Å². The summed E-state index contributed by atoms with van der Waals surface area (Å²) < 4.78 is 0. The highest BCUT2D eigenvalue weighted by Crippen LogP contribution is 2.17. The van der Waals surface area contributed by atoms with Crippen molar-refractivity contribution in [3.05, 3.63) is 0 Å². The van der Waals surface area contributed by atoms with Gasteiger partial charge >= 0.3 is 0 Å². The van der Waals surface area contributed by atoms with Gasteiger partial charge in [0.15, 0.2) is 0 Å². The van der Waals surface area contributed by atoms with E-state index in [-0.39, 0.29) is 5.84 Å². The summed E-state index contributed by atoms with van der Waals surface area (Å²) in [6, 6.07) is 0. The molecule has 0 unspecified atom stereocenters. The summed E-state index contributed by atoms with van der Waals surface area (Å²) in [5, 5.41) is 42.9. The maximum Gasteiger partial charge on any atom is 0.132 e. The van der Waals surface area contributed by atoms with Gasteiger partial charge in [0.2, 0.25) is 0 Å². The summed E-state index contributed by atoms with van der Waals surface area (Å²) in [5.74, 6) is 0.0270. The molecule has 8 nitrogen and oxygen atoms in total.